The van der Waals surface area contributed by atoms with Crippen LogP contribution < -0.4 is 10.1 Å². The molecule has 0 atom stereocenters. The molecule has 0 aliphatic rings. The highest BCUT2D eigenvalue weighted by Gasteiger charge is 2.22. The van der Waals surface area contributed by atoms with Crippen LogP contribution >= 0.6 is 15.9 Å². The van der Waals surface area contributed by atoms with Gasteiger partial charge in [-0.15, -0.1) is 0 Å². The smallest absolute Gasteiger partial charge is 0.376 e. The van der Waals surface area contributed by atoms with E-state index in [9.17, 15) is 4.79 Å². The molecule has 2 heterocycles. The van der Waals surface area contributed by atoms with E-state index in [1.807, 2.05) is 18.2 Å². The van der Waals surface area contributed by atoms with Crippen molar-refractivity contribution in [3.63, 3.8) is 0 Å². The maximum Gasteiger partial charge on any atom is 0.376 e. The number of halogens is 1. The number of ether oxygens (including phenoxy) is 2. The predicted octanol–water partition coefficient (Wildman–Crippen LogP) is 4.52. The van der Waals surface area contributed by atoms with Crippen molar-refractivity contribution in [1.29, 1.82) is 0 Å². The van der Waals surface area contributed by atoms with E-state index in [2.05, 4.69) is 26.2 Å². The van der Waals surface area contributed by atoms with Crippen molar-refractivity contribution in [3.05, 3.63) is 46.9 Å². The Labute approximate surface area is 146 Å². The summed E-state index contributed by atoms with van der Waals surface area (Å²) >= 11 is 3.41. The fraction of sp³-hybridized carbons (Fsp3) is 0.176. The topological polar surface area (TPSA) is 73.6 Å². The number of nitrogens with zero attached hydrogens (tertiary/aromatic N) is 1. The van der Waals surface area contributed by atoms with E-state index in [-0.39, 0.29) is 12.4 Å². The van der Waals surface area contributed by atoms with Crippen LogP contribution in [-0.4, -0.2) is 24.7 Å². The number of nitrogens with one attached hydrogen (secondary N) is 1. The Kier molecular flexibility index (Phi) is 4.71. The number of carbonyl (C=O) groups is 1. The first-order valence-electron chi connectivity index (χ1n) is 7.28. The molecule has 0 radical (unpaired) electrons. The Bertz CT molecular complexity index is 891. The molecule has 0 aliphatic heterocycles. The maximum atomic E-state index is 12.2. The number of pyridine rings is 1. The number of benzene rings is 1. The van der Waals surface area contributed by atoms with Gasteiger partial charge in [-0.3, -0.25) is 4.98 Å². The number of methoxy groups -OCH3 is 1. The second-order valence-corrected chi connectivity index (χ2v) is 5.73. The van der Waals surface area contributed by atoms with Crippen molar-refractivity contribution in [2.75, 3.05) is 19.0 Å². The highest BCUT2D eigenvalue weighted by Crippen LogP contribution is 2.35. The van der Waals surface area contributed by atoms with E-state index in [0.717, 1.165) is 15.5 Å². The maximum absolute atomic E-state index is 12.2. The van der Waals surface area contributed by atoms with E-state index in [4.69, 9.17) is 13.9 Å². The Balaban J connectivity index is 2.07. The average Bonchev–Trinajstić information content (AvgIpc) is 2.95. The zero-order valence-corrected chi connectivity index (χ0v) is 14.7. The predicted molar refractivity (Wildman–Crippen MR) is 93.9 cm³/mol. The van der Waals surface area contributed by atoms with Crippen LogP contribution in [0.15, 0.2) is 45.5 Å². The molecular formula is C17H15BrN2O4. The van der Waals surface area contributed by atoms with Crippen LogP contribution in [0.2, 0.25) is 0 Å². The number of anilines is 2. The van der Waals surface area contributed by atoms with Gasteiger partial charge in [-0.05, 0) is 41.1 Å². The van der Waals surface area contributed by atoms with Gasteiger partial charge in [0.05, 0.1) is 24.4 Å². The Morgan fingerprint density at radius 3 is 2.96 bits per heavy atom. The van der Waals surface area contributed by atoms with Crippen LogP contribution in [0, 0.1) is 0 Å². The largest absolute Gasteiger partial charge is 0.495 e. The van der Waals surface area contributed by atoms with Crippen molar-refractivity contribution in [3.8, 4) is 5.75 Å². The zero-order chi connectivity index (χ0) is 17.1. The van der Waals surface area contributed by atoms with Crippen molar-refractivity contribution >= 4 is 44.2 Å². The summed E-state index contributed by atoms with van der Waals surface area (Å²) in [7, 11) is 1.59. The lowest BCUT2D eigenvalue weighted by Crippen LogP contribution is -2.06. The van der Waals surface area contributed by atoms with Gasteiger partial charge in [0.2, 0.25) is 5.76 Å². The summed E-state index contributed by atoms with van der Waals surface area (Å²) < 4.78 is 16.8. The molecule has 0 aliphatic carbocycles. The van der Waals surface area contributed by atoms with Gasteiger partial charge in [-0.2, -0.15) is 0 Å². The molecular weight excluding hydrogens is 376 g/mol. The fourth-order valence-corrected chi connectivity index (χ4v) is 2.71. The highest BCUT2D eigenvalue weighted by molar-refractivity contribution is 9.10. The Morgan fingerprint density at radius 2 is 2.21 bits per heavy atom. The molecule has 124 valence electrons. The fourth-order valence-electron chi connectivity index (χ4n) is 2.30. The third-order valence-corrected chi connectivity index (χ3v) is 4.03. The van der Waals surface area contributed by atoms with Crippen LogP contribution in [-0.2, 0) is 4.74 Å². The molecule has 3 rings (SSSR count). The summed E-state index contributed by atoms with van der Waals surface area (Å²) in [6, 6.07) is 7.32. The first kappa shape index (κ1) is 16.3. The zero-order valence-electron chi connectivity index (χ0n) is 13.1. The van der Waals surface area contributed by atoms with Gasteiger partial charge in [0.1, 0.15) is 11.4 Å². The highest BCUT2D eigenvalue weighted by atomic mass is 79.9. The van der Waals surface area contributed by atoms with Crippen molar-refractivity contribution in [1.82, 2.24) is 4.98 Å². The SMILES string of the molecule is CCOC(=O)c1oc2cnccc2c1Nc1ccc(Br)c(OC)c1. The van der Waals surface area contributed by atoms with Crippen molar-refractivity contribution in [2.24, 2.45) is 0 Å². The number of rotatable bonds is 5. The standard InChI is InChI=1S/C17H15BrN2O4/c1-3-23-17(21)16-15(11-6-7-19-9-14(11)24-16)20-10-4-5-12(18)13(8-10)22-2/h4-9,20H,3H2,1-2H3. The van der Waals surface area contributed by atoms with E-state index >= 15 is 0 Å². The van der Waals surface area contributed by atoms with Gasteiger partial charge in [0.25, 0.3) is 0 Å². The number of esters is 1. The Hall–Kier alpha value is -2.54. The summed E-state index contributed by atoms with van der Waals surface area (Å²) in [4.78, 5) is 16.2. The molecule has 0 amide bonds. The van der Waals surface area contributed by atoms with Gasteiger partial charge in [-0.1, -0.05) is 0 Å². The molecule has 6 nitrogen and oxygen atoms in total. The molecule has 0 spiro atoms. The lowest BCUT2D eigenvalue weighted by Gasteiger charge is -2.10. The first-order valence-corrected chi connectivity index (χ1v) is 8.07. The molecule has 24 heavy (non-hydrogen) atoms. The van der Waals surface area contributed by atoms with Gasteiger partial charge in [-0.25, -0.2) is 4.79 Å². The van der Waals surface area contributed by atoms with E-state index < -0.39 is 5.97 Å². The third-order valence-electron chi connectivity index (χ3n) is 3.37. The molecule has 0 unspecified atom stereocenters. The number of furan rings is 1. The third kappa shape index (κ3) is 3.07. The summed E-state index contributed by atoms with van der Waals surface area (Å²) in [5, 5.41) is 3.96. The monoisotopic (exact) mass is 390 g/mol. The molecule has 3 aromatic rings. The second kappa shape index (κ2) is 6.92. The van der Waals surface area contributed by atoms with Crippen LogP contribution in [0.5, 0.6) is 5.75 Å². The normalized spacial score (nSPS) is 10.6. The summed E-state index contributed by atoms with van der Waals surface area (Å²) in [5.41, 5.74) is 1.79. The quantitative estimate of drug-likeness (QED) is 0.645. The van der Waals surface area contributed by atoms with E-state index in [1.54, 1.807) is 32.5 Å². The molecule has 0 fully saturated rings. The first-order chi connectivity index (χ1) is 11.6. The minimum Gasteiger partial charge on any atom is -0.495 e. The van der Waals surface area contributed by atoms with E-state index in [1.165, 1.54) is 0 Å². The van der Waals surface area contributed by atoms with Gasteiger partial charge < -0.3 is 19.2 Å². The molecule has 7 heteroatoms. The lowest BCUT2D eigenvalue weighted by atomic mass is 10.2. The molecule has 1 N–H and O–H groups in total. The molecule has 0 bridgehead atoms. The molecule has 2 aromatic heterocycles. The Morgan fingerprint density at radius 1 is 1.38 bits per heavy atom. The summed E-state index contributed by atoms with van der Waals surface area (Å²) in [6.45, 7) is 2.01. The number of fused-ring (bicyclic) bond motifs is 1. The average molecular weight is 391 g/mol. The van der Waals surface area contributed by atoms with Gasteiger partial charge >= 0.3 is 5.97 Å². The van der Waals surface area contributed by atoms with E-state index in [0.29, 0.717) is 17.0 Å². The molecule has 0 saturated carbocycles. The summed E-state index contributed by atoms with van der Waals surface area (Å²) in [5.74, 6) is 0.258. The molecule has 0 saturated heterocycles. The minimum absolute atomic E-state index is 0.113. The second-order valence-electron chi connectivity index (χ2n) is 4.87. The number of hydrogen-bond acceptors (Lipinski definition) is 6. The minimum atomic E-state index is -0.528. The van der Waals surface area contributed by atoms with Crippen LogP contribution in [0.3, 0.4) is 0 Å². The molecule has 1 aromatic carbocycles. The number of hydrogen-bond donors (Lipinski definition) is 1. The van der Waals surface area contributed by atoms with Crippen molar-refractivity contribution in [2.45, 2.75) is 6.92 Å². The number of aromatic nitrogens is 1. The lowest BCUT2D eigenvalue weighted by molar-refractivity contribution is 0.0494. The van der Waals surface area contributed by atoms with Crippen LogP contribution in [0.25, 0.3) is 11.0 Å². The summed E-state index contributed by atoms with van der Waals surface area (Å²) in [6.07, 6.45) is 3.20. The van der Waals surface area contributed by atoms with Crippen LogP contribution in [0.1, 0.15) is 17.5 Å². The van der Waals surface area contributed by atoms with Crippen LogP contribution in [0.4, 0.5) is 11.4 Å². The van der Waals surface area contributed by atoms with Gasteiger partial charge in [0, 0.05) is 23.3 Å². The van der Waals surface area contributed by atoms with Gasteiger partial charge in [0.15, 0.2) is 5.58 Å². The van der Waals surface area contributed by atoms with Crippen molar-refractivity contribution < 1.29 is 18.7 Å². The number of carbonyl (C=O) groups excluding carboxylic acids is 1.